The second-order valence-electron chi connectivity index (χ2n) is 5.97. The monoisotopic (exact) mass is 419 g/mol. The van der Waals surface area contributed by atoms with Crippen LogP contribution >= 0.6 is 15.9 Å². The Morgan fingerprint density at radius 3 is 2.50 bits per heavy atom. The lowest BCUT2D eigenvalue weighted by molar-refractivity contribution is 0.107. The van der Waals surface area contributed by atoms with Gasteiger partial charge in [0.25, 0.3) is 0 Å². The van der Waals surface area contributed by atoms with E-state index in [0.717, 1.165) is 32.7 Å². The van der Waals surface area contributed by atoms with Crippen LogP contribution in [-0.4, -0.2) is 70.6 Å². The number of sulfonamides is 1. The van der Waals surface area contributed by atoms with Crippen LogP contribution in [0.3, 0.4) is 0 Å². The van der Waals surface area contributed by atoms with Crippen LogP contribution in [0.15, 0.2) is 27.6 Å². The van der Waals surface area contributed by atoms with E-state index in [9.17, 15) is 8.42 Å². The Morgan fingerprint density at radius 2 is 1.96 bits per heavy atom. The van der Waals surface area contributed by atoms with E-state index < -0.39 is 10.0 Å². The average Bonchev–Trinajstić information content (AvgIpc) is 2.59. The van der Waals surface area contributed by atoms with Gasteiger partial charge in [0.05, 0.1) is 16.5 Å². The maximum absolute atomic E-state index is 12.5. The van der Waals surface area contributed by atoms with Crippen LogP contribution in [-0.2, 0) is 10.0 Å². The Balaban J connectivity index is 1.94. The molecule has 1 saturated heterocycles. The minimum Gasteiger partial charge on any atom is -0.496 e. The lowest BCUT2D eigenvalue weighted by Gasteiger charge is -2.37. The van der Waals surface area contributed by atoms with Crippen LogP contribution in [0.5, 0.6) is 5.75 Å². The summed E-state index contributed by atoms with van der Waals surface area (Å²) in [6.07, 6.45) is 0. The van der Waals surface area contributed by atoms with Gasteiger partial charge in [0.2, 0.25) is 10.0 Å². The number of piperazine rings is 1. The van der Waals surface area contributed by atoms with E-state index in [0.29, 0.717) is 16.8 Å². The second-order valence-corrected chi connectivity index (χ2v) is 8.59. The van der Waals surface area contributed by atoms with E-state index in [4.69, 9.17) is 4.74 Å². The van der Waals surface area contributed by atoms with Crippen molar-refractivity contribution in [3.05, 3.63) is 22.7 Å². The Morgan fingerprint density at radius 1 is 1.29 bits per heavy atom. The standard InChI is InChI=1S/C16H26BrN3O3S/c1-4-19-7-9-20(10-8-19)13(2)12-18-24(21,22)14-5-6-16(23-3)15(17)11-14/h5-6,11,13,18H,4,7-10,12H2,1-3H3. The van der Waals surface area contributed by atoms with Crippen molar-refractivity contribution in [3.63, 3.8) is 0 Å². The molecule has 1 unspecified atom stereocenters. The summed E-state index contributed by atoms with van der Waals surface area (Å²) in [6.45, 7) is 9.74. The third-order valence-electron chi connectivity index (χ3n) is 4.48. The molecule has 0 spiro atoms. The minimum atomic E-state index is -3.53. The lowest BCUT2D eigenvalue weighted by Crippen LogP contribution is -2.52. The summed E-state index contributed by atoms with van der Waals surface area (Å²) in [4.78, 5) is 4.97. The molecule has 136 valence electrons. The summed E-state index contributed by atoms with van der Waals surface area (Å²) in [7, 11) is -1.98. The number of methoxy groups -OCH3 is 1. The molecule has 0 bridgehead atoms. The van der Waals surface area contributed by atoms with Crippen LogP contribution in [0.4, 0.5) is 0 Å². The molecule has 0 amide bonds. The van der Waals surface area contributed by atoms with Gasteiger partial charge in [-0.1, -0.05) is 6.92 Å². The number of halogens is 1. The van der Waals surface area contributed by atoms with E-state index in [1.807, 2.05) is 0 Å². The van der Waals surface area contributed by atoms with Gasteiger partial charge < -0.3 is 9.64 Å². The van der Waals surface area contributed by atoms with Crippen LogP contribution in [0.25, 0.3) is 0 Å². The molecule has 0 saturated carbocycles. The fourth-order valence-electron chi connectivity index (χ4n) is 2.78. The van der Waals surface area contributed by atoms with E-state index in [2.05, 4.69) is 44.3 Å². The molecule has 1 aliphatic heterocycles. The molecule has 0 aromatic heterocycles. The zero-order valence-electron chi connectivity index (χ0n) is 14.5. The maximum Gasteiger partial charge on any atom is 0.240 e. The highest BCUT2D eigenvalue weighted by molar-refractivity contribution is 9.10. The first-order chi connectivity index (χ1) is 11.4. The fraction of sp³-hybridized carbons (Fsp3) is 0.625. The number of nitrogens with one attached hydrogen (secondary N) is 1. The topological polar surface area (TPSA) is 61.9 Å². The van der Waals surface area contributed by atoms with Crippen molar-refractivity contribution in [1.29, 1.82) is 0 Å². The molecular weight excluding hydrogens is 394 g/mol. The van der Waals surface area contributed by atoms with Crippen LogP contribution < -0.4 is 9.46 Å². The molecule has 1 aromatic carbocycles. The van der Waals surface area contributed by atoms with E-state index in [1.165, 1.54) is 0 Å². The zero-order chi connectivity index (χ0) is 17.7. The molecule has 2 rings (SSSR count). The smallest absolute Gasteiger partial charge is 0.240 e. The van der Waals surface area contributed by atoms with Gasteiger partial charge in [-0.25, -0.2) is 13.1 Å². The van der Waals surface area contributed by atoms with Gasteiger partial charge in [0, 0.05) is 38.8 Å². The SMILES string of the molecule is CCN1CCN(C(C)CNS(=O)(=O)c2ccc(OC)c(Br)c2)CC1. The number of hydrogen-bond acceptors (Lipinski definition) is 5. The number of rotatable bonds is 7. The van der Waals surface area contributed by atoms with Gasteiger partial charge in [-0.05, 0) is 47.6 Å². The summed E-state index contributed by atoms with van der Waals surface area (Å²) in [5.74, 6) is 0.608. The van der Waals surface area contributed by atoms with Crippen molar-refractivity contribution in [2.24, 2.45) is 0 Å². The molecule has 24 heavy (non-hydrogen) atoms. The number of likely N-dealkylation sites (N-methyl/N-ethyl adjacent to an activating group) is 1. The predicted octanol–water partition coefficient (Wildman–Crippen LogP) is 1.76. The molecule has 8 heteroatoms. The van der Waals surface area contributed by atoms with Crippen molar-refractivity contribution in [2.45, 2.75) is 24.8 Å². The average molecular weight is 420 g/mol. The molecule has 1 fully saturated rings. The van der Waals surface area contributed by atoms with Gasteiger partial charge in [-0.3, -0.25) is 4.90 Å². The Bertz CT molecular complexity index is 646. The van der Waals surface area contributed by atoms with Crippen LogP contribution in [0.2, 0.25) is 0 Å². The number of ether oxygens (including phenoxy) is 1. The summed E-state index contributed by atoms with van der Waals surface area (Å²) >= 11 is 3.32. The van der Waals surface area contributed by atoms with Crippen molar-refractivity contribution < 1.29 is 13.2 Å². The molecule has 1 N–H and O–H groups in total. The first-order valence-corrected chi connectivity index (χ1v) is 10.4. The van der Waals surface area contributed by atoms with Crippen molar-refractivity contribution >= 4 is 26.0 Å². The first kappa shape index (κ1) is 19.7. The van der Waals surface area contributed by atoms with E-state index in [1.54, 1.807) is 25.3 Å². The number of benzene rings is 1. The third-order valence-corrected chi connectivity index (χ3v) is 6.52. The van der Waals surface area contributed by atoms with Gasteiger partial charge in [-0.15, -0.1) is 0 Å². The Kier molecular flexibility index (Phi) is 7.06. The Labute approximate surface area is 153 Å². The summed E-state index contributed by atoms with van der Waals surface area (Å²) < 4.78 is 33.4. The van der Waals surface area contributed by atoms with Crippen molar-refractivity contribution in [2.75, 3.05) is 46.4 Å². The summed E-state index contributed by atoms with van der Waals surface area (Å²) in [5, 5.41) is 0. The normalized spacial score (nSPS) is 18.5. The van der Waals surface area contributed by atoms with Gasteiger partial charge in [0.1, 0.15) is 5.75 Å². The first-order valence-electron chi connectivity index (χ1n) is 8.17. The molecule has 0 radical (unpaired) electrons. The van der Waals surface area contributed by atoms with E-state index in [-0.39, 0.29) is 10.9 Å². The second kappa shape index (κ2) is 8.62. The highest BCUT2D eigenvalue weighted by Crippen LogP contribution is 2.27. The third kappa shape index (κ3) is 4.92. The fourth-order valence-corrected chi connectivity index (χ4v) is 4.62. The molecular formula is C16H26BrN3O3S. The number of nitrogens with zero attached hydrogens (tertiary/aromatic N) is 2. The minimum absolute atomic E-state index is 0.167. The number of hydrogen-bond donors (Lipinski definition) is 1. The molecule has 1 atom stereocenters. The Hall–Kier alpha value is -0.670. The summed E-state index contributed by atoms with van der Waals surface area (Å²) in [5.41, 5.74) is 0. The van der Waals surface area contributed by atoms with Crippen LogP contribution in [0.1, 0.15) is 13.8 Å². The van der Waals surface area contributed by atoms with Crippen LogP contribution in [0, 0.1) is 0 Å². The van der Waals surface area contributed by atoms with E-state index >= 15 is 0 Å². The molecule has 1 aliphatic rings. The van der Waals surface area contributed by atoms with Gasteiger partial charge in [-0.2, -0.15) is 0 Å². The summed E-state index contributed by atoms with van der Waals surface area (Å²) in [6, 6.07) is 4.93. The molecule has 6 nitrogen and oxygen atoms in total. The van der Waals surface area contributed by atoms with Gasteiger partial charge in [0.15, 0.2) is 0 Å². The highest BCUT2D eigenvalue weighted by atomic mass is 79.9. The molecule has 1 heterocycles. The van der Waals surface area contributed by atoms with Crippen molar-refractivity contribution in [1.82, 2.24) is 14.5 Å². The van der Waals surface area contributed by atoms with Crippen molar-refractivity contribution in [3.8, 4) is 5.75 Å². The highest BCUT2D eigenvalue weighted by Gasteiger charge is 2.22. The van der Waals surface area contributed by atoms with Gasteiger partial charge >= 0.3 is 0 Å². The predicted molar refractivity (Wildman–Crippen MR) is 99.0 cm³/mol. The lowest BCUT2D eigenvalue weighted by atomic mass is 10.2. The largest absolute Gasteiger partial charge is 0.496 e. The molecule has 1 aromatic rings. The molecule has 0 aliphatic carbocycles. The zero-order valence-corrected chi connectivity index (χ0v) is 16.9. The quantitative estimate of drug-likeness (QED) is 0.729. The maximum atomic E-state index is 12.5.